The Hall–Kier alpha value is -2.68. The summed E-state index contributed by atoms with van der Waals surface area (Å²) in [5.74, 6) is -0.481. The number of hydrogen-bond acceptors (Lipinski definition) is 5. The summed E-state index contributed by atoms with van der Waals surface area (Å²) < 4.78 is 0. The maximum atomic E-state index is 12.9. The average molecular weight is 363 g/mol. The van der Waals surface area contributed by atoms with E-state index in [1.807, 2.05) is 24.3 Å². The molecule has 4 rings (SSSR count). The number of rotatable bonds is 4. The Labute approximate surface area is 159 Å². The van der Waals surface area contributed by atoms with Crippen LogP contribution in [0.25, 0.3) is 11.0 Å². The van der Waals surface area contributed by atoms with Crippen LogP contribution in [0, 0.1) is 11.3 Å². The third-order valence-corrected chi connectivity index (χ3v) is 5.60. The number of aromatic nitrogens is 2. The smallest absolute Gasteiger partial charge is 0.243 e. The van der Waals surface area contributed by atoms with Crippen molar-refractivity contribution in [3.63, 3.8) is 0 Å². The zero-order valence-electron chi connectivity index (χ0n) is 15.5. The Balaban J connectivity index is 1.69. The van der Waals surface area contributed by atoms with E-state index in [1.54, 1.807) is 0 Å². The van der Waals surface area contributed by atoms with Crippen LogP contribution in [-0.4, -0.2) is 35.0 Å². The highest BCUT2D eigenvalue weighted by atomic mass is 16.2. The van der Waals surface area contributed by atoms with Gasteiger partial charge in [0.15, 0.2) is 11.7 Å². The van der Waals surface area contributed by atoms with E-state index in [4.69, 9.17) is 9.97 Å². The molecule has 1 aliphatic carbocycles. The van der Waals surface area contributed by atoms with E-state index in [0.717, 1.165) is 62.6 Å². The van der Waals surface area contributed by atoms with Gasteiger partial charge in [0.05, 0.1) is 17.1 Å². The molecule has 1 saturated carbocycles. The summed E-state index contributed by atoms with van der Waals surface area (Å²) >= 11 is 0. The largest absolute Gasteiger partial charge is 0.355 e. The van der Waals surface area contributed by atoms with Crippen molar-refractivity contribution in [3.05, 3.63) is 30.0 Å². The predicted molar refractivity (Wildman–Crippen MR) is 104 cm³/mol. The standard InChI is InChI=1S/C21H25N5O/c22-14-16(21(27)23-15-8-2-1-3-9-15)19-20(26-12-6-7-13-26)25-18-11-5-4-10-17(18)24-19/h4-5,10-11,15-16H,1-3,6-9,12-13H2,(H,23,27)/t16-/m1/s1. The molecule has 6 nitrogen and oxygen atoms in total. The number of nitrogens with one attached hydrogen (secondary N) is 1. The molecule has 1 aromatic carbocycles. The fourth-order valence-corrected chi connectivity index (χ4v) is 4.14. The van der Waals surface area contributed by atoms with Gasteiger partial charge in [0, 0.05) is 19.1 Å². The summed E-state index contributed by atoms with van der Waals surface area (Å²) in [5.41, 5.74) is 2.01. The van der Waals surface area contributed by atoms with Crippen molar-refractivity contribution in [2.24, 2.45) is 0 Å². The Kier molecular flexibility index (Phi) is 5.19. The molecule has 0 bridgehead atoms. The number of amides is 1. The van der Waals surface area contributed by atoms with Crippen LogP contribution in [0.3, 0.4) is 0 Å². The fourth-order valence-electron chi connectivity index (χ4n) is 4.14. The fraction of sp³-hybridized carbons (Fsp3) is 0.524. The first-order valence-corrected chi connectivity index (χ1v) is 9.98. The van der Waals surface area contributed by atoms with Gasteiger partial charge in [-0.2, -0.15) is 5.26 Å². The first-order chi connectivity index (χ1) is 13.3. The highest BCUT2D eigenvalue weighted by Gasteiger charge is 2.31. The van der Waals surface area contributed by atoms with Crippen molar-refractivity contribution in [2.45, 2.75) is 56.9 Å². The molecular formula is C21H25N5O. The van der Waals surface area contributed by atoms with Gasteiger partial charge in [-0.25, -0.2) is 9.97 Å². The molecule has 2 aliphatic rings. The quantitative estimate of drug-likeness (QED) is 0.901. The molecule has 2 fully saturated rings. The Morgan fingerprint density at radius 2 is 1.74 bits per heavy atom. The number of carbonyl (C=O) groups excluding carboxylic acids is 1. The normalized spacial score (nSPS) is 19.0. The molecule has 27 heavy (non-hydrogen) atoms. The van der Waals surface area contributed by atoms with Crippen molar-refractivity contribution >= 4 is 22.8 Å². The van der Waals surface area contributed by atoms with Crippen molar-refractivity contribution in [1.29, 1.82) is 5.26 Å². The van der Waals surface area contributed by atoms with Gasteiger partial charge in [-0.05, 0) is 37.8 Å². The zero-order chi connectivity index (χ0) is 18.6. The van der Waals surface area contributed by atoms with Crippen LogP contribution in [0.4, 0.5) is 5.82 Å². The van der Waals surface area contributed by atoms with Crippen LogP contribution in [0.15, 0.2) is 24.3 Å². The third kappa shape index (κ3) is 3.73. The van der Waals surface area contributed by atoms with Crippen LogP contribution >= 0.6 is 0 Å². The molecule has 1 aromatic heterocycles. The number of para-hydroxylation sites is 2. The lowest BCUT2D eigenvalue weighted by molar-refractivity contribution is -0.122. The topological polar surface area (TPSA) is 81.9 Å². The molecule has 1 amide bonds. The number of hydrogen-bond donors (Lipinski definition) is 1. The predicted octanol–water partition coefficient (Wildman–Crippen LogP) is 3.29. The summed E-state index contributed by atoms with van der Waals surface area (Å²) in [5, 5.41) is 12.9. The lowest BCUT2D eigenvalue weighted by Crippen LogP contribution is -2.39. The third-order valence-electron chi connectivity index (χ3n) is 5.60. The number of nitriles is 1. The molecule has 0 unspecified atom stereocenters. The van der Waals surface area contributed by atoms with Crippen LogP contribution in [-0.2, 0) is 4.79 Å². The number of anilines is 1. The lowest BCUT2D eigenvalue weighted by atomic mass is 9.94. The van der Waals surface area contributed by atoms with E-state index >= 15 is 0 Å². The first-order valence-electron chi connectivity index (χ1n) is 9.98. The Morgan fingerprint density at radius 1 is 1.07 bits per heavy atom. The summed E-state index contributed by atoms with van der Waals surface area (Å²) in [6.07, 6.45) is 7.68. The van der Waals surface area contributed by atoms with Gasteiger partial charge in [-0.15, -0.1) is 0 Å². The van der Waals surface area contributed by atoms with Gasteiger partial charge in [-0.3, -0.25) is 4.79 Å². The SMILES string of the molecule is N#C[C@@H](C(=O)NC1CCCCC1)c1nc2ccccc2nc1N1CCCC1. The second-order valence-electron chi connectivity index (χ2n) is 7.52. The van der Waals surface area contributed by atoms with Crippen molar-refractivity contribution in [3.8, 4) is 6.07 Å². The highest BCUT2D eigenvalue weighted by molar-refractivity contribution is 5.89. The number of benzene rings is 1. The van der Waals surface area contributed by atoms with E-state index in [9.17, 15) is 10.1 Å². The van der Waals surface area contributed by atoms with Crippen LogP contribution in [0.2, 0.25) is 0 Å². The van der Waals surface area contributed by atoms with E-state index in [0.29, 0.717) is 11.5 Å². The molecule has 2 aromatic rings. The van der Waals surface area contributed by atoms with Crippen molar-refractivity contribution < 1.29 is 4.79 Å². The highest BCUT2D eigenvalue weighted by Crippen LogP contribution is 2.30. The maximum Gasteiger partial charge on any atom is 0.243 e. The molecule has 1 saturated heterocycles. The van der Waals surface area contributed by atoms with Crippen LogP contribution in [0.5, 0.6) is 0 Å². The van der Waals surface area contributed by atoms with Gasteiger partial charge in [-0.1, -0.05) is 31.4 Å². The van der Waals surface area contributed by atoms with E-state index in [-0.39, 0.29) is 11.9 Å². The lowest BCUT2D eigenvalue weighted by Gasteiger charge is -2.25. The number of nitrogens with zero attached hydrogens (tertiary/aromatic N) is 4. The van der Waals surface area contributed by atoms with Gasteiger partial charge in [0.1, 0.15) is 5.69 Å². The first kappa shape index (κ1) is 17.7. The Bertz CT molecular complexity index is 862. The monoisotopic (exact) mass is 363 g/mol. The summed E-state index contributed by atoms with van der Waals surface area (Å²) in [6, 6.07) is 10.0. The van der Waals surface area contributed by atoms with Crippen molar-refractivity contribution in [1.82, 2.24) is 15.3 Å². The van der Waals surface area contributed by atoms with Crippen LogP contribution in [0.1, 0.15) is 56.6 Å². The van der Waals surface area contributed by atoms with Gasteiger partial charge >= 0.3 is 0 Å². The van der Waals surface area contributed by atoms with E-state index in [2.05, 4.69) is 16.3 Å². The van der Waals surface area contributed by atoms with Crippen LogP contribution < -0.4 is 10.2 Å². The molecule has 2 heterocycles. The number of carbonyl (C=O) groups is 1. The molecule has 0 spiro atoms. The molecule has 1 atom stereocenters. The molecule has 0 radical (unpaired) electrons. The van der Waals surface area contributed by atoms with E-state index < -0.39 is 5.92 Å². The molecule has 1 N–H and O–H groups in total. The van der Waals surface area contributed by atoms with Gasteiger partial charge < -0.3 is 10.2 Å². The minimum absolute atomic E-state index is 0.172. The summed E-state index contributed by atoms with van der Waals surface area (Å²) in [6.45, 7) is 1.78. The van der Waals surface area contributed by atoms with Gasteiger partial charge in [0.25, 0.3) is 0 Å². The number of fused-ring (bicyclic) bond motifs is 1. The second kappa shape index (κ2) is 7.91. The molecular weight excluding hydrogens is 338 g/mol. The molecule has 6 heteroatoms. The second-order valence-corrected chi connectivity index (χ2v) is 7.52. The molecule has 140 valence electrons. The summed E-state index contributed by atoms with van der Waals surface area (Å²) in [7, 11) is 0. The van der Waals surface area contributed by atoms with Gasteiger partial charge in [0.2, 0.25) is 5.91 Å². The summed E-state index contributed by atoms with van der Waals surface area (Å²) in [4.78, 5) is 24.6. The minimum Gasteiger partial charge on any atom is -0.355 e. The molecule has 1 aliphatic heterocycles. The maximum absolute atomic E-state index is 12.9. The zero-order valence-corrected chi connectivity index (χ0v) is 15.5. The minimum atomic E-state index is -0.931. The average Bonchev–Trinajstić information content (AvgIpc) is 3.23. The van der Waals surface area contributed by atoms with E-state index in [1.165, 1.54) is 6.42 Å². The van der Waals surface area contributed by atoms with Crippen molar-refractivity contribution in [2.75, 3.05) is 18.0 Å². The Morgan fingerprint density at radius 3 is 2.41 bits per heavy atom.